The first kappa shape index (κ1) is 22.3. The van der Waals surface area contributed by atoms with Crippen molar-refractivity contribution in [3.63, 3.8) is 0 Å². The van der Waals surface area contributed by atoms with Gasteiger partial charge in [-0.2, -0.15) is 0 Å². The molecule has 0 bridgehead atoms. The summed E-state index contributed by atoms with van der Waals surface area (Å²) >= 11 is 5.95. The third-order valence-electron chi connectivity index (χ3n) is 4.04. The molecule has 1 amide bonds. The molecule has 154 valence electrons. The van der Waals surface area contributed by atoms with Gasteiger partial charge in [0, 0.05) is 5.02 Å². The molecule has 0 fully saturated rings. The van der Waals surface area contributed by atoms with Gasteiger partial charge in [-0.3, -0.25) is 4.79 Å². The van der Waals surface area contributed by atoms with Gasteiger partial charge in [-0.1, -0.05) is 35.9 Å². The Morgan fingerprint density at radius 2 is 1.97 bits per heavy atom. The fourth-order valence-electron chi connectivity index (χ4n) is 2.59. The zero-order chi connectivity index (χ0) is 21.2. The molecule has 0 aromatic heterocycles. The average molecular weight is 418 g/mol. The van der Waals surface area contributed by atoms with Crippen molar-refractivity contribution in [3.8, 4) is 11.5 Å². The monoisotopic (exact) mass is 417 g/mol. The van der Waals surface area contributed by atoms with Crippen molar-refractivity contribution in [2.45, 2.75) is 19.4 Å². The van der Waals surface area contributed by atoms with Gasteiger partial charge in [0.25, 0.3) is 5.91 Å². The molecule has 0 unspecified atom stereocenters. The summed E-state index contributed by atoms with van der Waals surface area (Å²) in [6.45, 7) is 4.77. The second kappa shape index (κ2) is 11.1. The number of carbonyl (C=O) groups is 2. The average Bonchev–Trinajstić information content (AvgIpc) is 2.71. The molecule has 0 aliphatic rings. The summed E-state index contributed by atoms with van der Waals surface area (Å²) in [6, 6.07) is 12.3. The highest BCUT2D eigenvalue weighted by atomic mass is 35.5. The Labute approximate surface area is 175 Å². The lowest BCUT2D eigenvalue weighted by Crippen LogP contribution is -2.32. The van der Waals surface area contributed by atoms with Crippen LogP contribution in [0.4, 0.5) is 0 Å². The number of esters is 1. The number of halogens is 1. The number of ether oxygens (including phenoxy) is 3. The van der Waals surface area contributed by atoms with Crippen molar-refractivity contribution in [1.82, 2.24) is 5.32 Å². The van der Waals surface area contributed by atoms with Gasteiger partial charge in [0.2, 0.25) is 0 Å². The lowest BCUT2D eigenvalue weighted by Gasteiger charge is -2.15. The minimum atomic E-state index is -0.659. The van der Waals surface area contributed by atoms with E-state index in [0.29, 0.717) is 22.9 Å². The molecule has 0 aliphatic carbocycles. The number of allylic oxidation sites excluding steroid dienone is 1. The second-order valence-electron chi connectivity index (χ2n) is 6.27. The van der Waals surface area contributed by atoms with E-state index < -0.39 is 18.5 Å². The van der Waals surface area contributed by atoms with Crippen LogP contribution < -0.4 is 14.8 Å². The van der Waals surface area contributed by atoms with Crippen LogP contribution in [0.5, 0.6) is 11.5 Å². The van der Waals surface area contributed by atoms with Crippen LogP contribution in [0.2, 0.25) is 5.02 Å². The van der Waals surface area contributed by atoms with E-state index in [1.807, 2.05) is 25.1 Å². The number of methoxy groups -OCH3 is 1. The maximum Gasteiger partial charge on any atom is 0.344 e. The number of carbonyl (C=O) groups excluding carboxylic acids is 2. The smallest absolute Gasteiger partial charge is 0.344 e. The van der Waals surface area contributed by atoms with Crippen molar-refractivity contribution in [2.75, 3.05) is 20.3 Å². The molecule has 0 saturated heterocycles. The number of benzene rings is 2. The summed E-state index contributed by atoms with van der Waals surface area (Å²) in [5.74, 6) is -0.161. The van der Waals surface area contributed by atoms with Crippen LogP contribution in [0.25, 0.3) is 0 Å². The van der Waals surface area contributed by atoms with E-state index in [1.165, 1.54) is 7.11 Å². The van der Waals surface area contributed by atoms with E-state index in [-0.39, 0.29) is 12.6 Å². The highest BCUT2D eigenvalue weighted by Crippen LogP contribution is 2.28. The summed E-state index contributed by atoms with van der Waals surface area (Å²) in [6.07, 6.45) is 2.48. The lowest BCUT2D eigenvalue weighted by atomic mass is 10.1. The van der Waals surface area contributed by atoms with E-state index in [0.717, 1.165) is 11.1 Å². The van der Waals surface area contributed by atoms with Crippen molar-refractivity contribution in [3.05, 3.63) is 71.3 Å². The van der Waals surface area contributed by atoms with Crippen molar-refractivity contribution in [2.24, 2.45) is 0 Å². The van der Waals surface area contributed by atoms with Gasteiger partial charge in [-0.15, -0.1) is 6.58 Å². The molecule has 1 atom stereocenters. The fraction of sp³-hybridized carbons (Fsp3) is 0.273. The molecule has 7 heteroatoms. The normalized spacial score (nSPS) is 11.3. The van der Waals surface area contributed by atoms with Crippen LogP contribution in [0, 0.1) is 0 Å². The molecule has 1 N–H and O–H groups in total. The lowest BCUT2D eigenvalue weighted by molar-refractivity contribution is -0.150. The van der Waals surface area contributed by atoms with Crippen molar-refractivity contribution >= 4 is 23.5 Å². The van der Waals surface area contributed by atoms with Gasteiger partial charge < -0.3 is 19.5 Å². The van der Waals surface area contributed by atoms with Crippen LogP contribution >= 0.6 is 11.6 Å². The second-order valence-corrected chi connectivity index (χ2v) is 6.71. The van der Waals surface area contributed by atoms with Gasteiger partial charge in [0.1, 0.15) is 0 Å². The topological polar surface area (TPSA) is 73.9 Å². The quantitative estimate of drug-likeness (QED) is 0.469. The number of nitrogens with one attached hydrogen (secondary N) is 1. The van der Waals surface area contributed by atoms with Gasteiger partial charge >= 0.3 is 5.97 Å². The van der Waals surface area contributed by atoms with Crippen LogP contribution in [-0.4, -0.2) is 32.2 Å². The van der Waals surface area contributed by atoms with Crippen LogP contribution in [0.1, 0.15) is 24.1 Å². The molecule has 2 rings (SSSR count). The van der Waals surface area contributed by atoms with E-state index in [9.17, 15) is 9.59 Å². The van der Waals surface area contributed by atoms with E-state index >= 15 is 0 Å². The third-order valence-corrected chi connectivity index (χ3v) is 4.28. The molecule has 29 heavy (non-hydrogen) atoms. The summed E-state index contributed by atoms with van der Waals surface area (Å²) in [4.78, 5) is 23.9. The molecular weight excluding hydrogens is 394 g/mol. The van der Waals surface area contributed by atoms with Crippen LogP contribution in [0.15, 0.2) is 55.1 Å². The maximum absolute atomic E-state index is 12.0. The minimum Gasteiger partial charge on any atom is -0.493 e. The predicted octanol–water partition coefficient (Wildman–Crippen LogP) is 3.88. The molecule has 0 saturated carbocycles. The van der Waals surface area contributed by atoms with E-state index in [4.69, 9.17) is 25.8 Å². The predicted molar refractivity (Wildman–Crippen MR) is 111 cm³/mol. The Morgan fingerprint density at radius 1 is 1.17 bits per heavy atom. The fourth-order valence-corrected chi connectivity index (χ4v) is 2.79. The summed E-state index contributed by atoms with van der Waals surface area (Å²) in [5.41, 5.74) is 1.87. The molecule has 2 aromatic carbocycles. The first-order valence-electron chi connectivity index (χ1n) is 9.04. The highest BCUT2D eigenvalue weighted by Gasteiger charge is 2.14. The Bertz CT molecular complexity index is 868. The summed E-state index contributed by atoms with van der Waals surface area (Å²) in [7, 11) is 1.52. The molecule has 6 nitrogen and oxygen atoms in total. The molecule has 2 aromatic rings. The van der Waals surface area contributed by atoms with Crippen LogP contribution in [0.3, 0.4) is 0 Å². The van der Waals surface area contributed by atoms with Crippen molar-refractivity contribution in [1.29, 1.82) is 0 Å². The number of hydrogen-bond acceptors (Lipinski definition) is 5. The zero-order valence-corrected chi connectivity index (χ0v) is 17.2. The number of hydrogen-bond donors (Lipinski definition) is 1. The first-order valence-corrected chi connectivity index (χ1v) is 9.41. The Hall–Kier alpha value is -2.99. The summed E-state index contributed by atoms with van der Waals surface area (Å²) in [5, 5.41) is 3.33. The number of rotatable bonds is 10. The van der Waals surface area contributed by atoms with Gasteiger partial charge in [0.05, 0.1) is 13.2 Å². The van der Waals surface area contributed by atoms with Gasteiger partial charge in [-0.05, 0) is 48.7 Å². The zero-order valence-electron chi connectivity index (χ0n) is 16.4. The maximum atomic E-state index is 12.0. The molecular formula is C22H24ClNO5. The third kappa shape index (κ3) is 7.16. The Balaban J connectivity index is 1.79. The van der Waals surface area contributed by atoms with Gasteiger partial charge in [-0.25, -0.2) is 4.79 Å². The molecule has 0 radical (unpaired) electrons. The largest absolute Gasteiger partial charge is 0.493 e. The minimum absolute atomic E-state index is 0.269. The molecule has 0 aliphatic heterocycles. The molecule has 0 spiro atoms. The first-order chi connectivity index (χ1) is 13.9. The SMILES string of the molecule is C=CCc1ccc(OCC(=O)OCC(=O)N[C@H](C)c2cccc(Cl)c2)c(OC)c1. The number of amides is 1. The standard InChI is InChI=1S/C22H24ClNO5/c1-4-6-16-9-10-19(20(11-16)27-3)28-14-22(26)29-13-21(25)24-15(2)17-7-5-8-18(23)12-17/h4-5,7-12,15H,1,6,13-14H2,2-3H3,(H,24,25)/t15-/m1/s1. The summed E-state index contributed by atoms with van der Waals surface area (Å²) < 4.78 is 15.7. The van der Waals surface area contributed by atoms with Crippen molar-refractivity contribution < 1.29 is 23.8 Å². The van der Waals surface area contributed by atoms with E-state index in [2.05, 4.69) is 11.9 Å². The van der Waals surface area contributed by atoms with E-state index in [1.54, 1.807) is 30.3 Å². The molecule has 0 heterocycles. The Morgan fingerprint density at radius 3 is 2.66 bits per heavy atom. The highest BCUT2D eigenvalue weighted by molar-refractivity contribution is 6.30. The van der Waals surface area contributed by atoms with Crippen LogP contribution in [-0.2, 0) is 20.7 Å². The van der Waals surface area contributed by atoms with Gasteiger partial charge in [0.15, 0.2) is 24.7 Å². The Kier molecular flexibility index (Phi) is 8.55.